The molecule has 1 rings (SSSR count). The fourth-order valence-corrected chi connectivity index (χ4v) is 1.22. The van der Waals surface area contributed by atoms with Crippen molar-refractivity contribution >= 4 is 11.8 Å². The Bertz CT molecular complexity index is 326. The van der Waals surface area contributed by atoms with Crippen LogP contribution in [0.5, 0.6) is 0 Å². The van der Waals surface area contributed by atoms with Crippen LogP contribution < -0.4 is 5.56 Å². The highest BCUT2D eigenvalue weighted by Crippen LogP contribution is 2.19. The molecule has 0 radical (unpaired) electrons. The van der Waals surface area contributed by atoms with Crippen molar-refractivity contribution in [3.05, 3.63) is 22.1 Å². The smallest absolute Gasteiger partial charge is 0.291 e. The first-order valence-corrected chi connectivity index (χ1v) is 3.98. The monoisotopic (exact) mass is 192 g/mol. The summed E-state index contributed by atoms with van der Waals surface area (Å²) in [6.07, 6.45) is 0. The van der Waals surface area contributed by atoms with E-state index in [0.29, 0.717) is 5.69 Å². The maximum absolute atomic E-state index is 11.8. The van der Waals surface area contributed by atoms with Gasteiger partial charge in [0.15, 0.2) is 5.16 Å². The van der Waals surface area contributed by atoms with E-state index in [0.717, 1.165) is 0 Å². The first-order chi connectivity index (χ1) is 5.58. The van der Waals surface area contributed by atoms with Crippen molar-refractivity contribution in [2.24, 2.45) is 0 Å². The molecular formula is C6H6F2N2OS. The highest BCUT2D eigenvalue weighted by atomic mass is 32.2. The van der Waals surface area contributed by atoms with Gasteiger partial charge < -0.3 is 4.98 Å². The van der Waals surface area contributed by atoms with E-state index in [2.05, 4.69) is 9.97 Å². The maximum Gasteiger partial charge on any atom is 0.291 e. The van der Waals surface area contributed by atoms with E-state index in [9.17, 15) is 13.6 Å². The molecule has 1 N–H and O–H groups in total. The zero-order chi connectivity index (χ0) is 9.14. The number of aromatic nitrogens is 2. The standard InChI is InChI=1S/C6H6F2N2OS/c1-3-2-4(11)10-6(9-3)12-5(7)8/h2,5H,1H3,(H,9,10,11). The Morgan fingerprint density at radius 2 is 2.33 bits per heavy atom. The second-order valence-corrected chi connectivity index (χ2v) is 3.05. The molecule has 3 nitrogen and oxygen atoms in total. The number of hydrogen-bond acceptors (Lipinski definition) is 3. The zero-order valence-corrected chi connectivity index (χ0v) is 6.99. The highest BCUT2D eigenvalue weighted by Gasteiger charge is 2.07. The van der Waals surface area contributed by atoms with E-state index < -0.39 is 11.3 Å². The molecule has 0 saturated carbocycles. The number of nitrogens with zero attached hydrogens (tertiary/aromatic N) is 1. The van der Waals surface area contributed by atoms with Crippen LogP contribution in [-0.2, 0) is 0 Å². The summed E-state index contributed by atoms with van der Waals surface area (Å²) < 4.78 is 23.6. The average molecular weight is 192 g/mol. The molecule has 0 bridgehead atoms. The van der Waals surface area contributed by atoms with Crippen molar-refractivity contribution in [3.63, 3.8) is 0 Å². The molecule has 0 aliphatic carbocycles. The van der Waals surface area contributed by atoms with Crippen LogP contribution in [0.1, 0.15) is 5.69 Å². The Balaban J connectivity index is 2.93. The van der Waals surface area contributed by atoms with Gasteiger partial charge in [0, 0.05) is 11.8 Å². The zero-order valence-electron chi connectivity index (χ0n) is 6.17. The summed E-state index contributed by atoms with van der Waals surface area (Å²) in [6, 6.07) is 1.25. The van der Waals surface area contributed by atoms with Crippen molar-refractivity contribution in [2.75, 3.05) is 0 Å². The molecular weight excluding hydrogens is 186 g/mol. The summed E-state index contributed by atoms with van der Waals surface area (Å²) in [5, 5.41) is -0.0463. The molecule has 1 aromatic heterocycles. The van der Waals surface area contributed by atoms with Gasteiger partial charge in [-0.2, -0.15) is 8.78 Å². The highest BCUT2D eigenvalue weighted by molar-refractivity contribution is 7.99. The van der Waals surface area contributed by atoms with Crippen LogP contribution in [0.2, 0.25) is 0 Å². The van der Waals surface area contributed by atoms with Gasteiger partial charge in [-0.05, 0) is 18.7 Å². The van der Waals surface area contributed by atoms with Crippen LogP contribution in [-0.4, -0.2) is 15.7 Å². The number of hydrogen-bond donors (Lipinski definition) is 1. The summed E-state index contributed by atoms with van der Waals surface area (Å²) in [4.78, 5) is 16.6. The van der Waals surface area contributed by atoms with E-state index in [1.54, 1.807) is 6.92 Å². The van der Waals surface area contributed by atoms with Crippen molar-refractivity contribution in [2.45, 2.75) is 17.8 Å². The Kier molecular flexibility index (Phi) is 2.80. The number of nitrogens with one attached hydrogen (secondary N) is 1. The molecule has 0 aromatic carbocycles. The van der Waals surface area contributed by atoms with Crippen molar-refractivity contribution in [3.8, 4) is 0 Å². The Labute approximate surface area is 71.2 Å². The molecule has 0 spiro atoms. The van der Waals surface area contributed by atoms with E-state index >= 15 is 0 Å². The van der Waals surface area contributed by atoms with E-state index in [1.165, 1.54) is 6.07 Å². The Morgan fingerprint density at radius 1 is 1.67 bits per heavy atom. The third-order valence-corrected chi connectivity index (χ3v) is 1.64. The topological polar surface area (TPSA) is 45.8 Å². The summed E-state index contributed by atoms with van der Waals surface area (Å²) >= 11 is 0.227. The van der Waals surface area contributed by atoms with Crippen LogP contribution in [0.3, 0.4) is 0 Å². The number of aromatic amines is 1. The van der Waals surface area contributed by atoms with Crippen LogP contribution >= 0.6 is 11.8 Å². The molecule has 12 heavy (non-hydrogen) atoms. The van der Waals surface area contributed by atoms with E-state index in [-0.39, 0.29) is 16.9 Å². The lowest BCUT2D eigenvalue weighted by molar-refractivity contribution is 0.251. The normalized spacial score (nSPS) is 10.7. The van der Waals surface area contributed by atoms with Crippen molar-refractivity contribution in [1.82, 2.24) is 9.97 Å². The van der Waals surface area contributed by atoms with Crippen LogP contribution in [0.25, 0.3) is 0 Å². The molecule has 6 heteroatoms. The van der Waals surface area contributed by atoms with Gasteiger partial charge in [-0.25, -0.2) is 4.98 Å². The molecule has 0 aliphatic rings. The quantitative estimate of drug-likeness (QED) is 0.569. The number of halogens is 2. The number of aryl methyl sites for hydroxylation is 1. The molecule has 1 heterocycles. The molecule has 0 saturated heterocycles. The Hall–Kier alpha value is -0.910. The van der Waals surface area contributed by atoms with Crippen LogP contribution in [0, 0.1) is 6.92 Å². The molecule has 0 fully saturated rings. The lowest BCUT2D eigenvalue weighted by Crippen LogP contribution is -2.08. The molecule has 66 valence electrons. The second kappa shape index (κ2) is 3.66. The van der Waals surface area contributed by atoms with Crippen LogP contribution in [0.15, 0.2) is 16.0 Å². The first kappa shape index (κ1) is 9.18. The Morgan fingerprint density at radius 3 is 2.83 bits per heavy atom. The third-order valence-electron chi connectivity index (χ3n) is 1.05. The van der Waals surface area contributed by atoms with Gasteiger partial charge in [-0.15, -0.1) is 0 Å². The van der Waals surface area contributed by atoms with Gasteiger partial charge in [0.2, 0.25) is 0 Å². The summed E-state index contributed by atoms with van der Waals surface area (Å²) in [5.41, 5.74) is 0.0209. The minimum atomic E-state index is -2.56. The molecule has 0 unspecified atom stereocenters. The SMILES string of the molecule is Cc1cc(=O)[nH]c(SC(F)F)n1. The van der Waals surface area contributed by atoms with Gasteiger partial charge in [-0.3, -0.25) is 4.79 Å². The minimum Gasteiger partial charge on any atom is -0.301 e. The summed E-state index contributed by atoms with van der Waals surface area (Å²) in [5.74, 6) is -2.56. The van der Waals surface area contributed by atoms with E-state index in [1.807, 2.05) is 0 Å². The van der Waals surface area contributed by atoms with Crippen molar-refractivity contribution < 1.29 is 8.78 Å². The fraction of sp³-hybridized carbons (Fsp3) is 0.333. The summed E-state index contributed by atoms with van der Waals surface area (Å²) in [6.45, 7) is 1.57. The summed E-state index contributed by atoms with van der Waals surface area (Å²) in [7, 11) is 0. The van der Waals surface area contributed by atoms with E-state index in [4.69, 9.17) is 0 Å². The van der Waals surface area contributed by atoms with Gasteiger partial charge in [0.25, 0.3) is 11.3 Å². The third kappa shape index (κ3) is 2.61. The largest absolute Gasteiger partial charge is 0.301 e. The van der Waals surface area contributed by atoms with Gasteiger partial charge in [0.1, 0.15) is 0 Å². The lowest BCUT2D eigenvalue weighted by atomic mass is 10.5. The maximum atomic E-state index is 11.8. The number of alkyl halides is 2. The van der Waals surface area contributed by atoms with Crippen molar-refractivity contribution in [1.29, 1.82) is 0 Å². The molecule has 0 aliphatic heterocycles. The van der Waals surface area contributed by atoms with Gasteiger partial charge >= 0.3 is 0 Å². The molecule has 0 amide bonds. The predicted molar refractivity (Wildman–Crippen MR) is 41.5 cm³/mol. The molecule has 1 aromatic rings. The van der Waals surface area contributed by atoms with Gasteiger partial charge in [0.05, 0.1) is 0 Å². The van der Waals surface area contributed by atoms with Gasteiger partial charge in [-0.1, -0.05) is 0 Å². The average Bonchev–Trinajstić information content (AvgIpc) is 1.81. The number of thioether (sulfide) groups is 1. The fourth-order valence-electron chi connectivity index (χ4n) is 0.692. The second-order valence-electron chi connectivity index (χ2n) is 2.07. The number of rotatable bonds is 2. The lowest BCUT2D eigenvalue weighted by Gasteiger charge is -1.98. The van der Waals surface area contributed by atoms with Crippen LogP contribution in [0.4, 0.5) is 8.78 Å². The molecule has 0 atom stereocenters. The minimum absolute atomic E-state index is 0.0463. The number of H-pyrrole nitrogens is 1. The first-order valence-electron chi connectivity index (χ1n) is 3.10. The predicted octanol–water partition coefficient (Wildman–Crippen LogP) is 1.39.